The number of carbonyl (C=O) groups excluding carboxylic acids is 1. The van der Waals surface area contributed by atoms with E-state index in [-0.39, 0.29) is 22.5 Å². The van der Waals surface area contributed by atoms with Crippen LogP contribution < -0.4 is 14.5 Å². The van der Waals surface area contributed by atoms with Crippen LogP contribution in [0, 0.1) is 11.2 Å². The number of halogens is 2. The van der Waals surface area contributed by atoms with Crippen molar-refractivity contribution in [3.63, 3.8) is 0 Å². The van der Waals surface area contributed by atoms with Gasteiger partial charge in [0, 0.05) is 49.9 Å². The van der Waals surface area contributed by atoms with Gasteiger partial charge in [-0.25, -0.2) is 9.18 Å². The molecule has 3 aliphatic rings. The summed E-state index contributed by atoms with van der Waals surface area (Å²) >= 11 is 5.86. The minimum absolute atomic E-state index is 0.00596. The number of anilines is 2. The molecule has 0 saturated carbocycles. The van der Waals surface area contributed by atoms with Gasteiger partial charge in [0.05, 0.1) is 28.6 Å². The summed E-state index contributed by atoms with van der Waals surface area (Å²) in [6.45, 7) is 5.50. The van der Waals surface area contributed by atoms with Crippen LogP contribution in [0.1, 0.15) is 6.92 Å². The van der Waals surface area contributed by atoms with Gasteiger partial charge in [-0.3, -0.25) is 9.88 Å². The number of aromatic nitrogens is 1. The number of ether oxygens (including phenoxy) is 1. The van der Waals surface area contributed by atoms with E-state index in [9.17, 15) is 9.18 Å². The molecule has 0 radical (unpaired) electrons. The number of nitrogens with zero attached hydrogens (tertiary/aromatic N) is 4. The highest BCUT2D eigenvalue weighted by Gasteiger charge is 2.54. The molecule has 0 aliphatic carbocycles. The Morgan fingerprint density at radius 1 is 1.32 bits per heavy atom. The number of fused-ring (bicyclic) bond motifs is 1. The fraction of sp³-hybridized carbons (Fsp3) is 0.400. The zero-order valence-electron chi connectivity index (χ0n) is 15.4. The number of hydrogen-bond donors (Lipinski definition) is 0. The van der Waals surface area contributed by atoms with Crippen LogP contribution in [0.3, 0.4) is 0 Å². The first-order valence-electron chi connectivity index (χ1n) is 9.31. The lowest BCUT2D eigenvalue weighted by molar-refractivity contribution is 0.00894. The van der Waals surface area contributed by atoms with Gasteiger partial charge in [-0.1, -0.05) is 11.6 Å². The van der Waals surface area contributed by atoms with Gasteiger partial charge in [0.2, 0.25) is 0 Å². The first-order valence-corrected chi connectivity index (χ1v) is 9.69. The predicted molar refractivity (Wildman–Crippen MR) is 105 cm³/mol. The van der Waals surface area contributed by atoms with Gasteiger partial charge in [0.25, 0.3) is 0 Å². The summed E-state index contributed by atoms with van der Waals surface area (Å²) in [7, 11) is 0. The Hall–Kier alpha value is -2.54. The maximum absolute atomic E-state index is 14.0. The van der Waals surface area contributed by atoms with E-state index < -0.39 is 5.82 Å². The summed E-state index contributed by atoms with van der Waals surface area (Å²) in [6.07, 6.45) is 3.63. The summed E-state index contributed by atoms with van der Waals surface area (Å²) in [6, 6.07) is 6.42. The summed E-state index contributed by atoms with van der Waals surface area (Å²) in [4.78, 5) is 23.0. The van der Waals surface area contributed by atoms with Gasteiger partial charge >= 0.3 is 6.03 Å². The molecule has 28 heavy (non-hydrogen) atoms. The number of urea groups is 1. The topological polar surface area (TPSA) is 48.9 Å². The molecule has 1 aromatic carbocycles. The summed E-state index contributed by atoms with van der Waals surface area (Å²) in [5.74, 6) is -0.110. The molecule has 2 aromatic rings. The number of hydrogen-bond acceptors (Lipinski definition) is 4. The van der Waals surface area contributed by atoms with Crippen LogP contribution in [0.4, 0.5) is 20.6 Å². The molecule has 6 nitrogen and oxygen atoms in total. The minimum Gasteiger partial charge on any atom is -0.489 e. The van der Waals surface area contributed by atoms with Crippen LogP contribution in [0.5, 0.6) is 5.75 Å². The van der Waals surface area contributed by atoms with E-state index in [2.05, 4.69) is 9.88 Å². The predicted octanol–water partition coefficient (Wildman–Crippen LogP) is 3.40. The quantitative estimate of drug-likeness (QED) is 0.733. The highest BCUT2D eigenvalue weighted by atomic mass is 35.5. The Kier molecular flexibility index (Phi) is 3.91. The molecule has 0 N–H and O–H groups in total. The normalized spacial score (nSPS) is 22.2. The standard InChI is InChI=1S/C20H20ClFN4O2/c1-13-8-28-18-5-15(21)16(22)6-17(18)26(13)19(27)25-11-20(12-25)9-24(10-20)14-3-2-4-23-7-14/h2-7,13H,8-12H2,1H3. The molecule has 146 valence electrons. The van der Waals surface area contributed by atoms with Crippen molar-refractivity contribution in [2.24, 2.45) is 5.41 Å². The van der Waals surface area contributed by atoms with Crippen molar-refractivity contribution in [1.29, 1.82) is 0 Å². The molecule has 2 fully saturated rings. The molecule has 1 spiro atoms. The van der Waals surface area contributed by atoms with Crippen molar-refractivity contribution in [3.05, 3.63) is 47.5 Å². The van der Waals surface area contributed by atoms with Crippen LogP contribution in [-0.4, -0.2) is 54.7 Å². The van der Waals surface area contributed by atoms with Gasteiger partial charge in [-0.05, 0) is 19.1 Å². The maximum Gasteiger partial charge on any atom is 0.325 e. The minimum atomic E-state index is -0.554. The number of rotatable bonds is 1. The third kappa shape index (κ3) is 2.68. The Balaban J connectivity index is 1.28. The van der Waals surface area contributed by atoms with E-state index in [1.165, 1.54) is 12.1 Å². The smallest absolute Gasteiger partial charge is 0.325 e. The van der Waals surface area contributed by atoms with E-state index in [1.54, 1.807) is 11.1 Å². The lowest BCUT2D eigenvalue weighted by Gasteiger charge is -2.61. The molecule has 1 aromatic heterocycles. The lowest BCUT2D eigenvalue weighted by Crippen LogP contribution is -2.74. The van der Waals surface area contributed by atoms with Crippen LogP contribution in [-0.2, 0) is 0 Å². The third-order valence-corrected chi connectivity index (χ3v) is 6.06. The Morgan fingerprint density at radius 2 is 2.11 bits per heavy atom. The number of pyridine rings is 1. The van der Waals surface area contributed by atoms with Gasteiger partial charge < -0.3 is 14.5 Å². The van der Waals surface area contributed by atoms with Crippen molar-refractivity contribution in [3.8, 4) is 5.75 Å². The SMILES string of the molecule is CC1COc2cc(Cl)c(F)cc2N1C(=O)N1CC2(C1)CN(c1cccnc1)C2. The molecule has 2 amide bonds. The third-order valence-electron chi connectivity index (χ3n) is 5.77. The molecule has 5 rings (SSSR count). The van der Waals surface area contributed by atoms with Crippen molar-refractivity contribution < 1.29 is 13.9 Å². The van der Waals surface area contributed by atoms with Crippen LogP contribution in [0.2, 0.25) is 5.02 Å². The highest BCUT2D eigenvalue weighted by Crippen LogP contribution is 2.44. The van der Waals surface area contributed by atoms with Crippen LogP contribution in [0.25, 0.3) is 0 Å². The molecular weight excluding hydrogens is 383 g/mol. The molecule has 0 bridgehead atoms. The second-order valence-corrected chi connectivity index (χ2v) is 8.38. The lowest BCUT2D eigenvalue weighted by atomic mass is 9.72. The first-order chi connectivity index (χ1) is 13.5. The van der Waals surface area contributed by atoms with E-state index in [1.807, 2.05) is 30.2 Å². The second kappa shape index (κ2) is 6.24. The largest absolute Gasteiger partial charge is 0.489 e. The van der Waals surface area contributed by atoms with Gasteiger partial charge in [-0.15, -0.1) is 0 Å². The first kappa shape index (κ1) is 17.6. The van der Waals surface area contributed by atoms with Gasteiger partial charge in [-0.2, -0.15) is 0 Å². The highest BCUT2D eigenvalue weighted by molar-refractivity contribution is 6.31. The van der Waals surface area contributed by atoms with Gasteiger partial charge in [0.1, 0.15) is 18.2 Å². The van der Waals surface area contributed by atoms with Crippen LogP contribution >= 0.6 is 11.6 Å². The van der Waals surface area contributed by atoms with E-state index in [4.69, 9.17) is 16.3 Å². The number of amides is 2. The molecule has 4 heterocycles. The zero-order valence-corrected chi connectivity index (χ0v) is 16.2. The average Bonchev–Trinajstić information content (AvgIpc) is 2.61. The van der Waals surface area contributed by atoms with Crippen molar-refractivity contribution in [2.75, 3.05) is 42.6 Å². The van der Waals surface area contributed by atoms with Crippen molar-refractivity contribution in [2.45, 2.75) is 13.0 Å². The second-order valence-electron chi connectivity index (χ2n) is 7.97. The zero-order chi connectivity index (χ0) is 19.5. The molecular formula is C20H20ClFN4O2. The number of benzene rings is 1. The average molecular weight is 403 g/mol. The van der Waals surface area contributed by atoms with E-state index in [0.717, 1.165) is 18.8 Å². The summed E-state index contributed by atoms with van der Waals surface area (Å²) in [5.41, 5.74) is 1.70. The summed E-state index contributed by atoms with van der Waals surface area (Å²) < 4.78 is 19.7. The maximum atomic E-state index is 14.0. The molecule has 8 heteroatoms. The van der Waals surface area contributed by atoms with Crippen LogP contribution in [0.15, 0.2) is 36.7 Å². The molecule has 1 unspecified atom stereocenters. The number of likely N-dealkylation sites (tertiary alicyclic amines) is 1. The van der Waals surface area contributed by atoms with E-state index in [0.29, 0.717) is 31.1 Å². The van der Waals surface area contributed by atoms with Gasteiger partial charge in [0.15, 0.2) is 0 Å². The monoisotopic (exact) mass is 402 g/mol. The summed E-state index contributed by atoms with van der Waals surface area (Å²) in [5, 5.41) is -0.00596. The van der Waals surface area contributed by atoms with Crippen molar-refractivity contribution in [1.82, 2.24) is 9.88 Å². The molecule has 3 aliphatic heterocycles. The Morgan fingerprint density at radius 3 is 2.82 bits per heavy atom. The fourth-order valence-corrected chi connectivity index (χ4v) is 4.53. The van der Waals surface area contributed by atoms with Crippen molar-refractivity contribution >= 4 is 29.0 Å². The van der Waals surface area contributed by atoms with E-state index >= 15 is 0 Å². The number of carbonyl (C=O) groups is 1. The fourth-order valence-electron chi connectivity index (χ4n) is 4.37. The Labute approximate surface area is 167 Å². The Bertz CT molecular complexity index is 927. The molecule has 1 atom stereocenters. The molecule has 2 saturated heterocycles.